The normalized spacial score (nSPS) is 36.3. The Morgan fingerprint density at radius 3 is 2.42 bits per heavy atom. The molecular formula is C9H15NO2. The van der Waals surface area contributed by atoms with Crippen LogP contribution >= 0.6 is 0 Å². The first-order valence-electron chi connectivity index (χ1n) is 4.76. The van der Waals surface area contributed by atoms with Crippen molar-refractivity contribution < 1.29 is 9.90 Å². The minimum atomic E-state index is -0.683. The number of carbonyl (C=O) groups is 1. The zero-order chi connectivity index (χ0) is 8.55. The van der Waals surface area contributed by atoms with Crippen molar-refractivity contribution in [3.63, 3.8) is 0 Å². The molecule has 3 nitrogen and oxygen atoms in total. The van der Waals surface area contributed by atoms with E-state index in [0.29, 0.717) is 6.04 Å². The first kappa shape index (κ1) is 8.05. The Kier molecular flexibility index (Phi) is 2.05. The molecular weight excluding hydrogens is 154 g/mol. The maximum Gasteiger partial charge on any atom is 0.320 e. The van der Waals surface area contributed by atoms with Crippen molar-refractivity contribution in [1.82, 2.24) is 5.32 Å². The first-order chi connectivity index (χ1) is 5.77. The van der Waals surface area contributed by atoms with Gasteiger partial charge in [-0.2, -0.15) is 0 Å². The predicted octanol–water partition coefficient (Wildman–Crippen LogP) is 0.992. The fourth-order valence-corrected chi connectivity index (χ4v) is 2.18. The van der Waals surface area contributed by atoms with E-state index in [-0.39, 0.29) is 6.04 Å². The summed E-state index contributed by atoms with van der Waals surface area (Å²) in [6.45, 7) is 0. The fraction of sp³-hybridized carbons (Fsp3) is 0.889. The van der Waals surface area contributed by atoms with Crippen LogP contribution in [0.2, 0.25) is 0 Å². The Bertz CT molecular complexity index is 189. The molecule has 0 spiro atoms. The fourth-order valence-electron chi connectivity index (χ4n) is 2.18. The molecule has 0 amide bonds. The average molecular weight is 169 g/mol. The Labute approximate surface area is 72.2 Å². The van der Waals surface area contributed by atoms with Gasteiger partial charge < -0.3 is 10.4 Å². The smallest absolute Gasteiger partial charge is 0.320 e. The molecule has 0 aromatic rings. The summed E-state index contributed by atoms with van der Waals surface area (Å²) in [6, 6.07) is 0.232. The Morgan fingerprint density at radius 1 is 1.25 bits per heavy atom. The van der Waals surface area contributed by atoms with Crippen LogP contribution in [-0.2, 0) is 4.79 Å². The van der Waals surface area contributed by atoms with Crippen LogP contribution in [0.1, 0.15) is 32.1 Å². The van der Waals surface area contributed by atoms with Gasteiger partial charge >= 0.3 is 5.97 Å². The second-order valence-corrected chi connectivity index (χ2v) is 3.93. The van der Waals surface area contributed by atoms with Crippen molar-refractivity contribution in [3.05, 3.63) is 0 Å². The van der Waals surface area contributed by atoms with E-state index < -0.39 is 5.97 Å². The van der Waals surface area contributed by atoms with E-state index in [4.69, 9.17) is 5.11 Å². The molecule has 1 aliphatic carbocycles. The van der Waals surface area contributed by atoms with Gasteiger partial charge in [0.15, 0.2) is 0 Å². The van der Waals surface area contributed by atoms with E-state index in [1.165, 1.54) is 19.3 Å². The van der Waals surface area contributed by atoms with Gasteiger partial charge in [0.25, 0.3) is 0 Å². The lowest BCUT2D eigenvalue weighted by molar-refractivity contribution is -0.139. The van der Waals surface area contributed by atoms with Crippen LogP contribution in [0.15, 0.2) is 0 Å². The number of aliphatic carboxylic acids is 1. The Morgan fingerprint density at radius 2 is 2.00 bits per heavy atom. The topological polar surface area (TPSA) is 49.3 Å². The lowest BCUT2D eigenvalue weighted by Gasteiger charge is -2.31. The maximum absolute atomic E-state index is 10.6. The lowest BCUT2D eigenvalue weighted by Crippen LogP contribution is -2.41. The largest absolute Gasteiger partial charge is 0.480 e. The Balaban J connectivity index is 1.84. The third-order valence-electron chi connectivity index (χ3n) is 3.20. The van der Waals surface area contributed by atoms with Gasteiger partial charge in [0.1, 0.15) is 6.04 Å². The minimum Gasteiger partial charge on any atom is -0.480 e. The second-order valence-electron chi connectivity index (χ2n) is 3.93. The first-order valence-corrected chi connectivity index (χ1v) is 4.76. The van der Waals surface area contributed by atoms with Gasteiger partial charge in [0.05, 0.1) is 0 Å². The van der Waals surface area contributed by atoms with E-state index in [1.807, 2.05) is 0 Å². The summed E-state index contributed by atoms with van der Waals surface area (Å²) in [5.41, 5.74) is 0. The molecule has 2 aliphatic rings. The van der Waals surface area contributed by atoms with Gasteiger partial charge in [-0.25, -0.2) is 0 Å². The molecule has 2 N–H and O–H groups in total. The van der Waals surface area contributed by atoms with E-state index in [0.717, 1.165) is 18.8 Å². The molecule has 2 fully saturated rings. The summed E-state index contributed by atoms with van der Waals surface area (Å²) in [5.74, 6) is 0.0890. The van der Waals surface area contributed by atoms with Gasteiger partial charge in [-0.05, 0) is 31.6 Å². The quantitative estimate of drug-likeness (QED) is 0.648. The number of carboxylic acids is 1. The number of hydrogen-bond donors (Lipinski definition) is 2. The van der Waals surface area contributed by atoms with Crippen molar-refractivity contribution >= 4 is 5.97 Å². The summed E-state index contributed by atoms with van der Waals surface area (Å²) < 4.78 is 0. The molecule has 0 bridgehead atoms. The molecule has 12 heavy (non-hydrogen) atoms. The molecule has 3 heteroatoms. The molecule has 1 saturated carbocycles. The second kappa shape index (κ2) is 3.05. The van der Waals surface area contributed by atoms with Gasteiger partial charge in [0, 0.05) is 6.04 Å². The van der Waals surface area contributed by atoms with E-state index >= 15 is 0 Å². The molecule has 0 aromatic carbocycles. The van der Waals surface area contributed by atoms with Crippen molar-refractivity contribution in [2.45, 2.75) is 44.2 Å². The van der Waals surface area contributed by atoms with E-state index in [1.54, 1.807) is 0 Å². The van der Waals surface area contributed by atoms with Crippen molar-refractivity contribution in [3.8, 4) is 0 Å². The van der Waals surface area contributed by atoms with Crippen molar-refractivity contribution in [2.75, 3.05) is 0 Å². The van der Waals surface area contributed by atoms with Crippen molar-refractivity contribution in [1.29, 1.82) is 0 Å². The van der Waals surface area contributed by atoms with E-state index in [2.05, 4.69) is 5.32 Å². The summed E-state index contributed by atoms with van der Waals surface area (Å²) >= 11 is 0. The van der Waals surface area contributed by atoms with Crippen molar-refractivity contribution in [2.24, 2.45) is 5.92 Å². The summed E-state index contributed by atoms with van der Waals surface area (Å²) in [4.78, 5) is 10.6. The van der Waals surface area contributed by atoms with Crippen LogP contribution in [-0.4, -0.2) is 23.2 Å². The zero-order valence-electron chi connectivity index (χ0n) is 7.12. The standard InChI is InChI=1S/C9H15NO2/c11-9(12)8-5-4-7(10-8)6-2-1-3-6/h6-8,10H,1-5H2,(H,11,12)/t7-,8-/m0/s1. The van der Waals surface area contributed by atoms with Crippen LogP contribution in [0.4, 0.5) is 0 Å². The molecule has 2 atom stereocenters. The van der Waals surface area contributed by atoms with E-state index in [9.17, 15) is 4.79 Å². The SMILES string of the molecule is O=C(O)[C@@H]1CC[C@@H](C2CCC2)N1. The molecule has 68 valence electrons. The molecule has 1 aliphatic heterocycles. The number of carboxylic acid groups (broad SMARTS) is 1. The summed E-state index contributed by atoms with van der Waals surface area (Å²) in [7, 11) is 0. The third-order valence-corrected chi connectivity index (χ3v) is 3.20. The monoisotopic (exact) mass is 169 g/mol. The lowest BCUT2D eigenvalue weighted by atomic mass is 9.79. The highest BCUT2D eigenvalue weighted by atomic mass is 16.4. The average Bonchev–Trinajstić information content (AvgIpc) is 2.32. The highest BCUT2D eigenvalue weighted by molar-refractivity contribution is 5.73. The minimum absolute atomic E-state index is 0.268. The molecule has 0 unspecified atom stereocenters. The summed E-state index contributed by atoms with van der Waals surface area (Å²) in [5, 5.41) is 11.9. The van der Waals surface area contributed by atoms with Gasteiger partial charge in [-0.1, -0.05) is 6.42 Å². The molecule has 0 radical (unpaired) electrons. The summed E-state index contributed by atoms with van der Waals surface area (Å²) in [6.07, 6.45) is 5.80. The predicted molar refractivity (Wildman–Crippen MR) is 44.9 cm³/mol. The molecule has 1 saturated heterocycles. The molecule has 2 rings (SSSR count). The van der Waals surface area contributed by atoms with Crippen LogP contribution < -0.4 is 5.32 Å². The maximum atomic E-state index is 10.6. The van der Waals surface area contributed by atoms with Gasteiger partial charge in [-0.3, -0.25) is 4.79 Å². The van der Waals surface area contributed by atoms with Crippen LogP contribution in [0.25, 0.3) is 0 Å². The Hall–Kier alpha value is -0.570. The number of hydrogen-bond acceptors (Lipinski definition) is 2. The molecule has 1 heterocycles. The van der Waals surface area contributed by atoms with Crippen LogP contribution in [0, 0.1) is 5.92 Å². The molecule has 0 aromatic heterocycles. The van der Waals surface area contributed by atoms with Gasteiger partial charge in [-0.15, -0.1) is 0 Å². The van der Waals surface area contributed by atoms with Crippen LogP contribution in [0.5, 0.6) is 0 Å². The van der Waals surface area contributed by atoms with Gasteiger partial charge in [0.2, 0.25) is 0 Å². The highest BCUT2D eigenvalue weighted by Gasteiger charge is 2.35. The highest BCUT2D eigenvalue weighted by Crippen LogP contribution is 2.34. The number of rotatable bonds is 2. The number of nitrogens with one attached hydrogen (secondary N) is 1. The third kappa shape index (κ3) is 1.33. The van der Waals surface area contributed by atoms with Crippen LogP contribution in [0.3, 0.4) is 0 Å². The zero-order valence-corrected chi connectivity index (χ0v) is 7.12.